The average molecular weight is 402 g/mol. The molecule has 0 fully saturated rings. The van der Waals surface area contributed by atoms with Crippen LogP contribution in [0.4, 0.5) is 0 Å². The fourth-order valence-electron chi connectivity index (χ4n) is 0.284. The molecule has 14 heavy (non-hydrogen) atoms. The maximum absolute atomic E-state index is 10.4. The van der Waals surface area contributed by atoms with Crippen molar-refractivity contribution in [3.63, 3.8) is 0 Å². The molecule has 0 unspecified atom stereocenters. The first-order valence-electron chi connectivity index (χ1n) is 2.28. The van der Waals surface area contributed by atoms with Gasteiger partial charge in [0.25, 0.3) is 0 Å². The Bertz CT molecular complexity index is 277. The Morgan fingerprint density at radius 3 is 1.07 bits per heavy atom. The van der Waals surface area contributed by atoms with E-state index in [4.69, 9.17) is 24.5 Å². The van der Waals surface area contributed by atoms with E-state index in [9.17, 15) is 13.7 Å². The Morgan fingerprint density at radius 2 is 0.929 bits per heavy atom. The normalized spacial score (nSPS) is 13.5. The van der Waals surface area contributed by atoms with Crippen LogP contribution >= 0.6 is 23.5 Å². The quantitative estimate of drug-likeness (QED) is 0.379. The fourth-order valence-corrected chi connectivity index (χ4v) is 2.82. The average Bonchev–Trinajstić information content (AvgIpc) is 1.43. The minimum atomic E-state index is -5.46. The molecule has 5 N–H and O–H groups in total. The maximum Gasteiger partial charge on any atom is 0.490 e. The van der Waals surface area contributed by atoms with Gasteiger partial charge >= 0.3 is 23.5 Å². The molecule has 0 aromatic carbocycles. The molecule has 0 aromatic rings. The van der Waals surface area contributed by atoms with Crippen molar-refractivity contribution in [2.45, 2.75) is 0 Å². The summed E-state index contributed by atoms with van der Waals surface area (Å²) in [5, 5.41) is 0. The summed E-state index contributed by atoms with van der Waals surface area (Å²) in [6, 6.07) is 0. The van der Waals surface area contributed by atoms with Crippen molar-refractivity contribution < 1.29 is 87.6 Å². The van der Waals surface area contributed by atoms with E-state index in [0.29, 0.717) is 0 Å². The summed E-state index contributed by atoms with van der Waals surface area (Å²) in [7, 11) is -16.2. The molecule has 0 bridgehead atoms. The Balaban J connectivity index is 0. The monoisotopic (exact) mass is 400 g/mol. The van der Waals surface area contributed by atoms with Crippen LogP contribution in [0.1, 0.15) is 0 Å². The number of hydrogen-bond acceptors (Lipinski definition) is 5. The second kappa shape index (κ2) is 5.90. The SMILES string of the molecule is O=P(O)(O)OP(=O)(O)OP(=O)(O)O.[Nd]. The molecule has 0 amide bonds. The van der Waals surface area contributed by atoms with Crippen LogP contribution in [0, 0.1) is 40.8 Å². The van der Waals surface area contributed by atoms with Crippen molar-refractivity contribution >= 4 is 23.5 Å². The molecule has 0 radical (unpaired) electrons. The molecular formula is H5NdO10P3. The second-order valence-corrected chi connectivity index (χ2v) is 5.82. The van der Waals surface area contributed by atoms with E-state index in [0.717, 1.165) is 0 Å². The first kappa shape index (κ1) is 18.1. The topological polar surface area (TPSA) is 171 Å². The van der Waals surface area contributed by atoms with Gasteiger partial charge in [-0.15, -0.1) is 0 Å². The van der Waals surface area contributed by atoms with Crippen LogP contribution in [-0.2, 0) is 22.3 Å². The summed E-state index contributed by atoms with van der Waals surface area (Å²) in [6.07, 6.45) is 0. The van der Waals surface area contributed by atoms with Crippen molar-refractivity contribution in [1.82, 2.24) is 0 Å². The number of rotatable bonds is 4. The van der Waals surface area contributed by atoms with E-state index in [1.54, 1.807) is 0 Å². The standard InChI is InChI=1S/Nd.H5O10P3/c;1-11(2,3)9-13(7,8)10-12(4,5)6/h;(H,7,8)(H2,1,2,3)(H2,4,5,6). The Kier molecular flexibility index (Phi) is 7.65. The van der Waals surface area contributed by atoms with Gasteiger partial charge in [-0.25, -0.2) is 13.7 Å². The van der Waals surface area contributed by atoms with Crippen molar-refractivity contribution in [1.29, 1.82) is 0 Å². The van der Waals surface area contributed by atoms with E-state index >= 15 is 0 Å². The molecule has 0 saturated carbocycles. The smallest absolute Gasteiger partial charge is 0.302 e. The molecule has 0 atom stereocenters. The third-order valence-electron chi connectivity index (χ3n) is 0.419. The number of hydrogen-bond donors (Lipinski definition) is 5. The minimum Gasteiger partial charge on any atom is -0.302 e. The summed E-state index contributed by atoms with van der Waals surface area (Å²) in [4.78, 5) is 40.2. The summed E-state index contributed by atoms with van der Waals surface area (Å²) < 4.78 is 36.4. The van der Waals surface area contributed by atoms with E-state index < -0.39 is 23.5 Å². The Hall–Kier alpha value is 1.76. The molecule has 0 rings (SSSR count). The van der Waals surface area contributed by atoms with Crippen LogP contribution in [0.5, 0.6) is 0 Å². The molecule has 84 valence electrons. The van der Waals surface area contributed by atoms with Gasteiger partial charge in [0.05, 0.1) is 0 Å². The zero-order valence-corrected chi connectivity index (χ0v) is 12.0. The van der Waals surface area contributed by atoms with Crippen LogP contribution < -0.4 is 0 Å². The molecule has 10 nitrogen and oxygen atoms in total. The molecular weight excluding hydrogens is 397 g/mol. The van der Waals surface area contributed by atoms with Gasteiger partial charge in [-0.3, -0.25) is 0 Å². The molecule has 0 aromatic heterocycles. The fraction of sp³-hybridized carbons (Fsp3) is 0. The molecule has 0 heterocycles. The van der Waals surface area contributed by atoms with E-state index in [-0.39, 0.29) is 40.8 Å². The van der Waals surface area contributed by atoms with Crippen molar-refractivity contribution in [3.05, 3.63) is 0 Å². The van der Waals surface area contributed by atoms with Gasteiger partial charge in [0.2, 0.25) is 0 Å². The van der Waals surface area contributed by atoms with Crippen LogP contribution in [0.15, 0.2) is 0 Å². The van der Waals surface area contributed by atoms with Crippen LogP contribution in [-0.4, -0.2) is 24.5 Å². The summed E-state index contributed by atoms with van der Waals surface area (Å²) in [5.74, 6) is 0. The van der Waals surface area contributed by atoms with Gasteiger partial charge < -0.3 is 24.5 Å². The van der Waals surface area contributed by atoms with Gasteiger partial charge in [-0.1, -0.05) is 0 Å². The summed E-state index contributed by atoms with van der Waals surface area (Å²) in [5.41, 5.74) is 0. The van der Waals surface area contributed by atoms with E-state index in [1.807, 2.05) is 0 Å². The first-order chi connectivity index (χ1) is 5.41. The molecule has 0 aliphatic carbocycles. The van der Waals surface area contributed by atoms with Crippen LogP contribution in [0.3, 0.4) is 0 Å². The van der Waals surface area contributed by atoms with Crippen molar-refractivity contribution in [2.75, 3.05) is 0 Å². The van der Waals surface area contributed by atoms with E-state index in [1.165, 1.54) is 0 Å². The van der Waals surface area contributed by atoms with Gasteiger partial charge in [0.1, 0.15) is 0 Å². The summed E-state index contributed by atoms with van der Waals surface area (Å²) in [6.45, 7) is 0. The minimum absolute atomic E-state index is 0. The van der Waals surface area contributed by atoms with Crippen LogP contribution in [0.2, 0.25) is 0 Å². The Labute approximate surface area is 110 Å². The van der Waals surface area contributed by atoms with Gasteiger partial charge in [0, 0.05) is 40.8 Å². The zero-order chi connectivity index (χ0) is 10.9. The van der Waals surface area contributed by atoms with E-state index in [2.05, 4.69) is 8.62 Å². The molecule has 0 aliphatic rings. The van der Waals surface area contributed by atoms with Gasteiger partial charge in [-0.05, 0) is 0 Å². The summed E-state index contributed by atoms with van der Waals surface area (Å²) >= 11 is 0. The zero-order valence-electron chi connectivity index (χ0n) is 6.12. The molecule has 0 saturated heterocycles. The number of phosphoric acid groups is 3. The molecule has 14 heteroatoms. The van der Waals surface area contributed by atoms with Gasteiger partial charge in [0.15, 0.2) is 0 Å². The predicted octanol–water partition coefficient (Wildman–Crippen LogP) is -0.695. The second-order valence-electron chi connectivity index (χ2n) is 1.61. The van der Waals surface area contributed by atoms with Gasteiger partial charge in [-0.2, -0.15) is 8.62 Å². The third kappa shape index (κ3) is 11.8. The van der Waals surface area contributed by atoms with Crippen molar-refractivity contribution in [3.8, 4) is 0 Å². The maximum atomic E-state index is 10.4. The largest absolute Gasteiger partial charge is 0.490 e. The third-order valence-corrected chi connectivity index (χ3v) is 3.77. The molecule has 0 spiro atoms. The first-order valence-corrected chi connectivity index (χ1v) is 6.83. The van der Waals surface area contributed by atoms with Crippen LogP contribution in [0.25, 0.3) is 0 Å². The molecule has 0 aliphatic heterocycles. The van der Waals surface area contributed by atoms with Crippen molar-refractivity contribution in [2.24, 2.45) is 0 Å². The Morgan fingerprint density at radius 1 is 0.714 bits per heavy atom. The predicted molar refractivity (Wildman–Crippen MR) is 36.1 cm³/mol.